The summed E-state index contributed by atoms with van der Waals surface area (Å²) < 4.78 is 5.03. The molecule has 0 spiro atoms. The first-order valence-corrected chi connectivity index (χ1v) is 4.93. The second-order valence-electron chi connectivity index (χ2n) is 3.81. The Morgan fingerprint density at radius 1 is 1.23 bits per heavy atom. The van der Waals surface area contributed by atoms with Crippen molar-refractivity contribution in [3.63, 3.8) is 0 Å². The Labute approximate surface area is 81.7 Å². The highest BCUT2D eigenvalue weighted by atomic mass is 16.5. The van der Waals surface area contributed by atoms with Gasteiger partial charge in [0.05, 0.1) is 12.7 Å². The van der Waals surface area contributed by atoms with Gasteiger partial charge in [0.15, 0.2) is 0 Å². The number of aliphatic hydroxyl groups is 1. The molecule has 0 aromatic heterocycles. The quantitative estimate of drug-likeness (QED) is 0.679. The Hall–Kier alpha value is -0.120. The van der Waals surface area contributed by atoms with Crippen molar-refractivity contribution in [2.75, 3.05) is 20.3 Å². The summed E-state index contributed by atoms with van der Waals surface area (Å²) in [5, 5.41) is 9.46. The normalized spacial score (nSPS) is 16.6. The molecule has 80 valence electrons. The van der Waals surface area contributed by atoms with E-state index in [2.05, 4.69) is 18.7 Å². The molecule has 0 aliphatic heterocycles. The Kier molecular flexibility index (Phi) is 6.29. The van der Waals surface area contributed by atoms with Crippen molar-refractivity contribution in [1.29, 1.82) is 0 Å². The lowest BCUT2D eigenvalue weighted by atomic mass is 10.1. The first-order chi connectivity index (χ1) is 6.00. The summed E-state index contributed by atoms with van der Waals surface area (Å²) in [5.74, 6) is 0. The minimum absolute atomic E-state index is 0.190. The molecular formula is C10H23NO2. The highest BCUT2D eigenvalue weighted by Crippen LogP contribution is 2.08. The largest absolute Gasteiger partial charge is 0.392 e. The minimum Gasteiger partial charge on any atom is -0.392 e. The summed E-state index contributed by atoms with van der Waals surface area (Å²) in [6.07, 6.45) is -0.292. The predicted octanol–water partition coefficient (Wildman–Crippen LogP) is 1.11. The highest BCUT2D eigenvalue weighted by molar-refractivity contribution is 4.74. The third-order valence-electron chi connectivity index (χ3n) is 2.44. The molecule has 2 unspecified atom stereocenters. The smallest absolute Gasteiger partial charge is 0.0664 e. The average Bonchev–Trinajstić information content (AvgIpc) is 2.04. The molecule has 3 heteroatoms. The van der Waals surface area contributed by atoms with Gasteiger partial charge in [-0.05, 0) is 27.7 Å². The van der Waals surface area contributed by atoms with Crippen molar-refractivity contribution in [3.8, 4) is 0 Å². The molecule has 3 nitrogen and oxygen atoms in total. The van der Waals surface area contributed by atoms with E-state index in [9.17, 15) is 5.11 Å². The predicted molar refractivity (Wildman–Crippen MR) is 54.9 cm³/mol. The van der Waals surface area contributed by atoms with Gasteiger partial charge < -0.3 is 9.84 Å². The average molecular weight is 189 g/mol. The third-order valence-corrected chi connectivity index (χ3v) is 2.44. The molecule has 1 N–H and O–H groups in total. The number of ether oxygens (including phenoxy) is 1. The van der Waals surface area contributed by atoms with Crippen molar-refractivity contribution in [2.24, 2.45) is 0 Å². The van der Waals surface area contributed by atoms with Gasteiger partial charge >= 0.3 is 0 Å². The van der Waals surface area contributed by atoms with Crippen LogP contribution in [0.1, 0.15) is 27.7 Å². The van der Waals surface area contributed by atoms with E-state index >= 15 is 0 Å². The molecule has 0 aromatic carbocycles. The Bertz CT molecular complexity index is 126. The lowest BCUT2D eigenvalue weighted by Crippen LogP contribution is -2.45. The fourth-order valence-corrected chi connectivity index (χ4v) is 1.41. The van der Waals surface area contributed by atoms with E-state index in [0.29, 0.717) is 6.04 Å². The molecule has 0 heterocycles. The van der Waals surface area contributed by atoms with E-state index in [1.807, 2.05) is 13.8 Å². The summed E-state index contributed by atoms with van der Waals surface area (Å²) >= 11 is 0. The van der Waals surface area contributed by atoms with Crippen LogP contribution in [0.4, 0.5) is 0 Å². The maximum absolute atomic E-state index is 9.46. The van der Waals surface area contributed by atoms with Crippen LogP contribution in [0.25, 0.3) is 0 Å². The van der Waals surface area contributed by atoms with Crippen LogP contribution < -0.4 is 0 Å². The summed E-state index contributed by atoms with van der Waals surface area (Å²) in [4.78, 5) is 2.24. The molecule has 0 rings (SSSR count). The highest BCUT2D eigenvalue weighted by Gasteiger charge is 2.20. The lowest BCUT2D eigenvalue weighted by molar-refractivity contribution is 0.0340. The zero-order chi connectivity index (χ0) is 10.4. The van der Waals surface area contributed by atoms with Crippen LogP contribution in [0, 0.1) is 0 Å². The topological polar surface area (TPSA) is 32.7 Å². The number of hydrogen-bond acceptors (Lipinski definition) is 3. The monoisotopic (exact) mass is 189 g/mol. The molecule has 0 saturated heterocycles. The van der Waals surface area contributed by atoms with Crippen molar-refractivity contribution in [1.82, 2.24) is 4.90 Å². The zero-order valence-electron chi connectivity index (χ0n) is 9.45. The number of rotatable bonds is 6. The molecule has 0 saturated carbocycles. The number of hydrogen-bond donors (Lipinski definition) is 1. The van der Waals surface area contributed by atoms with Gasteiger partial charge in [-0.15, -0.1) is 0 Å². The van der Waals surface area contributed by atoms with E-state index in [-0.39, 0.29) is 12.1 Å². The fourth-order valence-electron chi connectivity index (χ4n) is 1.41. The second-order valence-corrected chi connectivity index (χ2v) is 3.81. The van der Waals surface area contributed by atoms with E-state index < -0.39 is 0 Å². The first kappa shape index (κ1) is 12.9. The maximum atomic E-state index is 9.46. The van der Waals surface area contributed by atoms with Crippen molar-refractivity contribution < 1.29 is 9.84 Å². The summed E-state index contributed by atoms with van der Waals surface area (Å²) in [5.41, 5.74) is 0. The Morgan fingerprint density at radius 3 is 2.08 bits per heavy atom. The number of nitrogens with zero attached hydrogens (tertiary/aromatic N) is 1. The number of methoxy groups -OCH3 is 1. The van der Waals surface area contributed by atoms with E-state index in [1.54, 1.807) is 7.11 Å². The van der Waals surface area contributed by atoms with Gasteiger partial charge in [-0.3, -0.25) is 4.90 Å². The fraction of sp³-hybridized carbons (Fsp3) is 1.00. The Morgan fingerprint density at radius 2 is 1.77 bits per heavy atom. The van der Waals surface area contributed by atoms with Crippen LogP contribution >= 0.6 is 0 Å². The van der Waals surface area contributed by atoms with Crippen LogP contribution in [-0.2, 0) is 4.74 Å². The molecule has 0 aromatic rings. The van der Waals surface area contributed by atoms with Crippen molar-refractivity contribution in [2.45, 2.75) is 45.9 Å². The zero-order valence-corrected chi connectivity index (χ0v) is 9.45. The minimum atomic E-state index is -0.292. The summed E-state index contributed by atoms with van der Waals surface area (Å²) in [6.45, 7) is 9.73. The lowest BCUT2D eigenvalue weighted by Gasteiger charge is -2.34. The van der Waals surface area contributed by atoms with Crippen molar-refractivity contribution >= 4 is 0 Å². The second kappa shape index (κ2) is 6.35. The SMILES string of the molecule is COCCN(C(C)C)C(C)C(C)O. The molecule has 0 fully saturated rings. The van der Waals surface area contributed by atoms with Crippen LogP contribution in [0.2, 0.25) is 0 Å². The van der Waals surface area contributed by atoms with Crippen molar-refractivity contribution in [3.05, 3.63) is 0 Å². The summed E-state index contributed by atoms with van der Waals surface area (Å²) in [6, 6.07) is 0.634. The molecule has 2 atom stereocenters. The molecule has 0 bridgehead atoms. The standard InChI is InChI=1S/C10H23NO2/c1-8(2)11(6-7-13-5)9(3)10(4)12/h8-10,12H,6-7H2,1-5H3. The maximum Gasteiger partial charge on any atom is 0.0664 e. The van der Waals surface area contributed by atoms with Gasteiger partial charge in [0.1, 0.15) is 0 Å². The van der Waals surface area contributed by atoms with Gasteiger partial charge in [-0.1, -0.05) is 0 Å². The van der Waals surface area contributed by atoms with Gasteiger partial charge in [-0.2, -0.15) is 0 Å². The van der Waals surface area contributed by atoms with E-state index in [1.165, 1.54) is 0 Å². The van der Waals surface area contributed by atoms with Crippen LogP contribution in [0.5, 0.6) is 0 Å². The third kappa shape index (κ3) is 4.60. The van der Waals surface area contributed by atoms with Crippen LogP contribution in [0.15, 0.2) is 0 Å². The summed E-state index contributed by atoms with van der Waals surface area (Å²) in [7, 11) is 1.70. The molecule has 0 amide bonds. The van der Waals surface area contributed by atoms with Gasteiger partial charge in [0.25, 0.3) is 0 Å². The van der Waals surface area contributed by atoms with Crippen LogP contribution in [-0.4, -0.2) is 48.5 Å². The van der Waals surface area contributed by atoms with Gasteiger partial charge in [-0.25, -0.2) is 0 Å². The Balaban J connectivity index is 4.07. The van der Waals surface area contributed by atoms with E-state index in [0.717, 1.165) is 13.2 Å². The molecule has 13 heavy (non-hydrogen) atoms. The molecule has 0 radical (unpaired) electrons. The molecule has 0 aliphatic carbocycles. The molecule has 0 aliphatic rings. The number of aliphatic hydroxyl groups excluding tert-OH is 1. The molecular weight excluding hydrogens is 166 g/mol. The van der Waals surface area contributed by atoms with Gasteiger partial charge in [0, 0.05) is 25.7 Å². The van der Waals surface area contributed by atoms with Gasteiger partial charge in [0.2, 0.25) is 0 Å². The van der Waals surface area contributed by atoms with Crippen LogP contribution in [0.3, 0.4) is 0 Å². The first-order valence-electron chi connectivity index (χ1n) is 4.93. The van der Waals surface area contributed by atoms with E-state index in [4.69, 9.17) is 4.74 Å².